The number of hydrogen-bond donors (Lipinski definition) is 4. The van der Waals surface area contributed by atoms with E-state index in [1.165, 1.54) is 0 Å². The van der Waals surface area contributed by atoms with Gasteiger partial charge in [-0.25, -0.2) is 39.5 Å². The van der Waals surface area contributed by atoms with E-state index in [9.17, 15) is 9.59 Å². The maximum Gasteiger partial charge on any atom is 0.341 e. The van der Waals surface area contributed by atoms with Gasteiger partial charge in [-0.05, 0) is 138 Å². The number of aromatic nitrogens is 6. The molecule has 6 aromatic rings. The lowest BCUT2D eigenvalue weighted by Gasteiger charge is -2.25. The van der Waals surface area contributed by atoms with Crippen molar-refractivity contribution in [3.8, 4) is 11.8 Å². The highest BCUT2D eigenvalue weighted by molar-refractivity contribution is 5.96. The Bertz CT molecular complexity index is 2660. The number of rotatable bonds is 12. The molecule has 0 bridgehead atoms. The van der Waals surface area contributed by atoms with E-state index in [4.69, 9.17) is 30.4 Å². The van der Waals surface area contributed by atoms with Crippen molar-refractivity contribution in [2.24, 2.45) is 11.5 Å². The highest BCUT2D eigenvalue weighted by Crippen LogP contribution is 2.40. The maximum absolute atomic E-state index is 12.0. The molecule has 6 aromatic heterocycles. The maximum atomic E-state index is 12.0. The Balaban J connectivity index is 0.000000162. The lowest BCUT2D eigenvalue weighted by atomic mass is 9.88. The number of carbonyl (C=O) groups is 2. The topological polar surface area (TPSA) is 225 Å². The molecule has 10 rings (SSSR count). The van der Waals surface area contributed by atoms with E-state index in [2.05, 4.69) is 54.4 Å². The summed E-state index contributed by atoms with van der Waals surface area (Å²) in [6.45, 7) is 15.4. The summed E-state index contributed by atoms with van der Waals surface area (Å²) >= 11 is 0. The Hall–Kier alpha value is -6.52. The third-order valence-electron chi connectivity index (χ3n) is 12.4. The third kappa shape index (κ3) is 8.23. The van der Waals surface area contributed by atoms with Gasteiger partial charge in [-0.15, -0.1) is 0 Å². The number of nitrogens with two attached hydrogens (primary N) is 2. The Morgan fingerprint density at radius 3 is 1.36 bits per heavy atom. The smallest absolute Gasteiger partial charge is 0.341 e. The Morgan fingerprint density at radius 2 is 1.00 bits per heavy atom. The first kappa shape index (κ1) is 42.8. The molecule has 8 heterocycles. The molecular formula is C48H54N10O6. The van der Waals surface area contributed by atoms with Crippen LogP contribution in [0.3, 0.4) is 0 Å². The average Bonchev–Trinajstić information content (AvgIpc) is 4.20. The second-order valence-electron chi connectivity index (χ2n) is 18.6. The van der Waals surface area contributed by atoms with Crippen molar-refractivity contribution in [2.45, 2.75) is 128 Å². The lowest BCUT2D eigenvalue weighted by molar-refractivity contribution is 0.00726. The van der Waals surface area contributed by atoms with E-state index in [0.717, 1.165) is 71.2 Å². The first-order valence-corrected chi connectivity index (χ1v) is 21.9. The van der Waals surface area contributed by atoms with E-state index >= 15 is 0 Å². The van der Waals surface area contributed by atoms with Crippen molar-refractivity contribution in [2.75, 3.05) is 10.6 Å². The van der Waals surface area contributed by atoms with Crippen LogP contribution in [0.4, 0.5) is 23.3 Å². The second-order valence-corrected chi connectivity index (χ2v) is 18.6. The molecule has 6 N–H and O–H groups in total. The van der Waals surface area contributed by atoms with E-state index in [1.807, 2.05) is 66.1 Å². The molecule has 2 fully saturated rings. The minimum absolute atomic E-state index is 0.230. The van der Waals surface area contributed by atoms with Crippen molar-refractivity contribution in [1.29, 1.82) is 0 Å². The van der Waals surface area contributed by atoms with Crippen LogP contribution in [0.15, 0.2) is 61.2 Å². The predicted octanol–water partition coefficient (Wildman–Crippen LogP) is 8.60. The predicted molar refractivity (Wildman–Crippen MR) is 242 cm³/mol. The number of esters is 2. The van der Waals surface area contributed by atoms with Crippen LogP contribution in [0.1, 0.15) is 137 Å². The summed E-state index contributed by atoms with van der Waals surface area (Å²) in [7, 11) is 0. The first-order chi connectivity index (χ1) is 30.4. The summed E-state index contributed by atoms with van der Waals surface area (Å²) in [5.41, 5.74) is 14.6. The molecule has 0 saturated heterocycles. The van der Waals surface area contributed by atoms with Gasteiger partial charge in [-0.3, -0.25) is 0 Å². The van der Waals surface area contributed by atoms with Crippen molar-refractivity contribution in [3.05, 3.63) is 94.8 Å². The molecule has 0 spiro atoms. The van der Waals surface area contributed by atoms with Gasteiger partial charge in [0.15, 0.2) is 0 Å². The molecule has 4 aliphatic rings. The van der Waals surface area contributed by atoms with Crippen LogP contribution in [0, 0.1) is 0 Å². The van der Waals surface area contributed by atoms with Crippen LogP contribution < -0.4 is 31.6 Å². The standard InChI is InChI=1S/2C24H27N5O3/c2*1-5-24(4,25)17-12-27-21(31-13-6-7-13)16-11-26-19(10-15(16)17)28-18-9-8-14-20(29-18)23(2,3)32-22(14)30/h2*8-13H,5-7,25H2,1-4H3,(H,26,28,29)/t2*24-/m10/s1. The number of pyridine rings is 6. The molecule has 16 nitrogen and oxygen atoms in total. The zero-order chi connectivity index (χ0) is 45.3. The van der Waals surface area contributed by atoms with Crippen LogP contribution in [0.5, 0.6) is 11.8 Å². The van der Waals surface area contributed by atoms with Gasteiger partial charge in [0, 0.05) is 35.9 Å². The van der Waals surface area contributed by atoms with E-state index in [1.54, 1.807) is 36.7 Å². The molecule has 16 heteroatoms. The number of nitrogens with zero attached hydrogens (tertiary/aromatic N) is 6. The molecule has 64 heavy (non-hydrogen) atoms. The monoisotopic (exact) mass is 866 g/mol. The molecule has 2 atom stereocenters. The highest BCUT2D eigenvalue weighted by atomic mass is 16.6. The van der Waals surface area contributed by atoms with Gasteiger partial charge in [-0.2, -0.15) is 0 Å². The van der Waals surface area contributed by atoms with Crippen molar-refractivity contribution in [1.82, 2.24) is 29.9 Å². The SMILES string of the molecule is CC[C@@](C)(N)c1cnc(OC2CC2)c2cnc(Nc3ccc4c(n3)C(C)(C)OC4=O)cc12.CC[C@](C)(N)c1cnc(OC2CC2)c2cnc(Nc3ccc4c(n3)C(C)(C)OC4=O)cc12. The molecule has 0 radical (unpaired) electrons. The summed E-state index contributed by atoms with van der Waals surface area (Å²) in [6, 6.07) is 10.9. The molecule has 2 saturated carbocycles. The Morgan fingerprint density at radius 1 is 0.609 bits per heavy atom. The van der Waals surface area contributed by atoms with Gasteiger partial charge in [0.2, 0.25) is 11.8 Å². The second kappa shape index (κ2) is 15.6. The van der Waals surface area contributed by atoms with Crippen LogP contribution in [-0.2, 0) is 31.8 Å². The van der Waals surface area contributed by atoms with Crippen LogP contribution >= 0.6 is 0 Å². The van der Waals surface area contributed by atoms with Gasteiger partial charge in [-0.1, -0.05) is 13.8 Å². The van der Waals surface area contributed by atoms with E-state index in [-0.39, 0.29) is 24.1 Å². The van der Waals surface area contributed by atoms with E-state index < -0.39 is 22.3 Å². The van der Waals surface area contributed by atoms with Gasteiger partial charge >= 0.3 is 11.9 Å². The zero-order valence-electron chi connectivity index (χ0n) is 37.5. The van der Waals surface area contributed by atoms with Crippen LogP contribution in [0.25, 0.3) is 21.5 Å². The number of nitrogens with one attached hydrogen (secondary N) is 2. The average molecular weight is 867 g/mol. The van der Waals surface area contributed by atoms with Gasteiger partial charge in [0.05, 0.1) is 21.9 Å². The van der Waals surface area contributed by atoms with Gasteiger partial charge in [0.1, 0.15) is 58.1 Å². The van der Waals surface area contributed by atoms with Crippen molar-refractivity contribution < 1.29 is 28.5 Å². The number of hydrogen-bond acceptors (Lipinski definition) is 16. The van der Waals surface area contributed by atoms with Crippen molar-refractivity contribution >= 4 is 56.8 Å². The van der Waals surface area contributed by atoms with Crippen LogP contribution in [-0.4, -0.2) is 54.1 Å². The molecule has 0 aromatic carbocycles. The summed E-state index contributed by atoms with van der Waals surface area (Å²) < 4.78 is 22.9. The molecule has 2 aliphatic carbocycles. The number of fused-ring (bicyclic) bond motifs is 4. The molecule has 332 valence electrons. The first-order valence-electron chi connectivity index (χ1n) is 21.9. The summed E-state index contributed by atoms with van der Waals surface area (Å²) in [5.74, 6) is 2.87. The number of cyclic esters (lactones) is 2. The molecule has 0 unspecified atom stereocenters. The van der Waals surface area contributed by atoms with Crippen molar-refractivity contribution in [3.63, 3.8) is 0 Å². The van der Waals surface area contributed by atoms with Crippen LogP contribution in [0.2, 0.25) is 0 Å². The lowest BCUT2D eigenvalue weighted by Crippen LogP contribution is -2.32. The molecule has 2 aliphatic heterocycles. The van der Waals surface area contributed by atoms with Gasteiger partial charge in [0.25, 0.3) is 0 Å². The number of ether oxygens (including phenoxy) is 4. The quantitative estimate of drug-likeness (QED) is 0.0845. The fourth-order valence-corrected chi connectivity index (χ4v) is 7.76. The van der Waals surface area contributed by atoms with Gasteiger partial charge < -0.3 is 41.0 Å². The fourth-order valence-electron chi connectivity index (χ4n) is 7.76. The minimum Gasteiger partial charge on any atom is -0.474 e. The largest absolute Gasteiger partial charge is 0.474 e. The Kier molecular flexibility index (Phi) is 10.4. The molecule has 0 amide bonds. The fraction of sp³-hybridized carbons (Fsp3) is 0.417. The Labute approximate surface area is 371 Å². The highest BCUT2D eigenvalue weighted by Gasteiger charge is 2.41. The zero-order valence-corrected chi connectivity index (χ0v) is 37.5. The summed E-state index contributed by atoms with van der Waals surface area (Å²) in [4.78, 5) is 51.6. The van der Waals surface area contributed by atoms with E-state index in [0.29, 0.717) is 57.5 Å². The summed E-state index contributed by atoms with van der Waals surface area (Å²) in [6.07, 6.45) is 13.3. The number of carbonyl (C=O) groups excluding carboxylic acids is 2. The number of anilines is 4. The molecular weight excluding hydrogens is 813 g/mol. The third-order valence-corrected chi connectivity index (χ3v) is 12.4. The normalized spacial score (nSPS) is 18.7. The minimum atomic E-state index is -0.767. The summed E-state index contributed by atoms with van der Waals surface area (Å²) in [5, 5.41) is 10.1.